The predicted molar refractivity (Wildman–Crippen MR) is 127 cm³/mol. The van der Waals surface area contributed by atoms with E-state index in [1.165, 1.54) is 11.3 Å². The van der Waals surface area contributed by atoms with Crippen LogP contribution in [0, 0.1) is 6.92 Å². The number of rotatable bonds is 5. The van der Waals surface area contributed by atoms with Gasteiger partial charge >= 0.3 is 0 Å². The molecule has 2 aromatic carbocycles. The number of hydrogen-bond acceptors (Lipinski definition) is 4. The van der Waals surface area contributed by atoms with Gasteiger partial charge in [0.1, 0.15) is 5.76 Å². The molecule has 1 aliphatic heterocycles. The average molecular weight is 443 g/mol. The Labute approximate surface area is 189 Å². The summed E-state index contributed by atoms with van der Waals surface area (Å²) < 4.78 is 0. The van der Waals surface area contributed by atoms with Gasteiger partial charge in [-0.3, -0.25) is 9.59 Å². The van der Waals surface area contributed by atoms with E-state index in [4.69, 9.17) is 0 Å². The first kappa shape index (κ1) is 20.3. The van der Waals surface area contributed by atoms with Crippen LogP contribution in [-0.2, 0) is 16.0 Å². The summed E-state index contributed by atoms with van der Waals surface area (Å²) in [6, 6.07) is 18.3. The van der Waals surface area contributed by atoms with E-state index in [0.717, 1.165) is 26.9 Å². The van der Waals surface area contributed by atoms with Crippen molar-refractivity contribution < 1.29 is 14.7 Å². The lowest BCUT2D eigenvalue weighted by Crippen LogP contribution is -2.31. The van der Waals surface area contributed by atoms with Crippen LogP contribution in [0.3, 0.4) is 0 Å². The van der Waals surface area contributed by atoms with Crippen LogP contribution in [0.5, 0.6) is 0 Å². The maximum absolute atomic E-state index is 13.1. The second kappa shape index (κ2) is 8.13. The molecule has 0 radical (unpaired) electrons. The molecule has 1 unspecified atom stereocenters. The van der Waals surface area contributed by atoms with Gasteiger partial charge in [-0.15, -0.1) is 11.3 Å². The van der Waals surface area contributed by atoms with E-state index in [1.54, 1.807) is 29.2 Å². The Balaban J connectivity index is 1.56. The molecule has 5 rings (SSSR count). The topological polar surface area (TPSA) is 73.4 Å². The molecule has 0 aliphatic carbocycles. The number of aromatic nitrogens is 1. The maximum Gasteiger partial charge on any atom is 0.295 e. The van der Waals surface area contributed by atoms with Gasteiger partial charge in [-0.1, -0.05) is 48.5 Å². The molecule has 1 atom stereocenters. The Morgan fingerprint density at radius 2 is 1.81 bits per heavy atom. The molecule has 0 bridgehead atoms. The zero-order valence-corrected chi connectivity index (χ0v) is 18.4. The van der Waals surface area contributed by atoms with E-state index in [9.17, 15) is 14.7 Å². The number of aromatic amines is 1. The minimum Gasteiger partial charge on any atom is -0.507 e. The number of hydrogen-bond donors (Lipinski definition) is 2. The highest BCUT2D eigenvalue weighted by atomic mass is 32.1. The molecule has 6 heteroatoms. The lowest BCUT2D eigenvalue weighted by Gasteiger charge is -2.25. The molecule has 0 saturated carbocycles. The molecular formula is C26H22N2O3S. The quantitative estimate of drug-likeness (QED) is 0.253. The zero-order chi connectivity index (χ0) is 22.2. The van der Waals surface area contributed by atoms with Crippen molar-refractivity contribution >= 4 is 39.7 Å². The van der Waals surface area contributed by atoms with Crippen molar-refractivity contribution in [2.45, 2.75) is 19.4 Å². The number of carbonyl (C=O) groups excluding carboxylic acids is 2. The summed E-state index contributed by atoms with van der Waals surface area (Å²) >= 11 is 1.50. The summed E-state index contributed by atoms with van der Waals surface area (Å²) in [6.45, 7) is 2.34. The highest BCUT2D eigenvalue weighted by Crippen LogP contribution is 2.42. The van der Waals surface area contributed by atoms with Crippen molar-refractivity contribution in [3.05, 3.63) is 99.4 Å². The highest BCUT2D eigenvalue weighted by molar-refractivity contribution is 7.10. The van der Waals surface area contributed by atoms with E-state index in [0.29, 0.717) is 18.5 Å². The summed E-state index contributed by atoms with van der Waals surface area (Å²) in [6.07, 6.45) is 2.56. The monoisotopic (exact) mass is 442 g/mol. The number of likely N-dealkylation sites (tertiary alicyclic amines) is 1. The molecule has 2 aromatic heterocycles. The fourth-order valence-corrected chi connectivity index (χ4v) is 5.43. The number of H-pyrrole nitrogens is 1. The second-order valence-electron chi connectivity index (χ2n) is 7.94. The number of aliphatic hydroxyl groups excluding tert-OH is 1. The highest BCUT2D eigenvalue weighted by Gasteiger charge is 2.46. The molecule has 160 valence electrons. The van der Waals surface area contributed by atoms with Crippen molar-refractivity contribution in [3.63, 3.8) is 0 Å². The zero-order valence-electron chi connectivity index (χ0n) is 17.5. The third-order valence-corrected chi connectivity index (χ3v) is 7.11. The third kappa shape index (κ3) is 3.33. The van der Waals surface area contributed by atoms with Crippen molar-refractivity contribution in [1.29, 1.82) is 0 Å². The van der Waals surface area contributed by atoms with E-state index in [1.807, 2.05) is 54.9 Å². The molecule has 0 spiro atoms. The smallest absolute Gasteiger partial charge is 0.295 e. The van der Waals surface area contributed by atoms with E-state index >= 15 is 0 Å². The first-order valence-electron chi connectivity index (χ1n) is 10.5. The van der Waals surface area contributed by atoms with Crippen LogP contribution in [0.15, 0.2) is 77.8 Å². The molecule has 2 N–H and O–H groups in total. The van der Waals surface area contributed by atoms with Crippen molar-refractivity contribution in [2.24, 2.45) is 0 Å². The lowest BCUT2D eigenvalue weighted by atomic mass is 9.98. The number of nitrogens with one attached hydrogen (secondary N) is 1. The average Bonchev–Trinajstić information content (AvgIpc) is 3.49. The first-order valence-corrected chi connectivity index (χ1v) is 11.4. The van der Waals surface area contributed by atoms with Gasteiger partial charge in [-0.05, 0) is 42.0 Å². The summed E-state index contributed by atoms with van der Waals surface area (Å²) in [4.78, 5) is 32.0. The Hall–Kier alpha value is -3.64. The number of amides is 1. The Bertz CT molecular complexity index is 1350. The van der Waals surface area contributed by atoms with Crippen LogP contribution in [-0.4, -0.2) is 33.2 Å². The number of nitrogens with zero attached hydrogens (tertiary/aromatic N) is 1. The summed E-state index contributed by atoms with van der Waals surface area (Å²) in [5, 5.41) is 14.1. The largest absolute Gasteiger partial charge is 0.507 e. The second-order valence-corrected chi connectivity index (χ2v) is 8.88. The number of ketones is 1. The molecule has 3 heterocycles. The van der Waals surface area contributed by atoms with Crippen LogP contribution in [0.1, 0.15) is 27.6 Å². The first-order chi connectivity index (χ1) is 15.6. The number of thiophene rings is 1. The Morgan fingerprint density at radius 1 is 1.06 bits per heavy atom. The minimum atomic E-state index is -0.636. The predicted octanol–water partition coefficient (Wildman–Crippen LogP) is 5.20. The van der Waals surface area contributed by atoms with Crippen molar-refractivity contribution in [2.75, 3.05) is 6.54 Å². The van der Waals surface area contributed by atoms with Gasteiger partial charge in [-0.2, -0.15) is 0 Å². The van der Waals surface area contributed by atoms with Gasteiger partial charge in [0.2, 0.25) is 0 Å². The molecule has 1 aliphatic rings. The van der Waals surface area contributed by atoms with Crippen LogP contribution < -0.4 is 0 Å². The Morgan fingerprint density at radius 3 is 2.56 bits per heavy atom. The van der Waals surface area contributed by atoms with Gasteiger partial charge < -0.3 is 15.0 Å². The number of fused-ring (bicyclic) bond motifs is 1. The fraction of sp³-hybridized carbons (Fsp3) is 0.154. The van der Waals surface area contributed by atoms with Gasteiger partial charge in [0.25, 0.3) is 11.7 Å². The number of aliphatic hydroxyl groups is 1. The standard InChI is InChI=1S/C26H22N2O3S/c1-16-12-14-32-25(16)22-21(23(29)17-7-3-2-4-8-17)24(30)26(31)28(22)13-11-18-15-27-20-10-6-5-9-19(18)20/h2-10,12,14-15,22,27,29H,11,13H2,1H3/b23-21-. The van der Waals surface area contributed by atoms with Gasteiger partial charge in [0.15, 0.2) is 0 Å². The molecule has 1 saturated heterocycles. The van der Waals surface area contributed by atoms with Gasteiger partial charge in [0, 0.05) is 34.1 Å². The molecule has 5 nitrogen and oxygen atoms in total. The number of carbonyl (C=O) groups is 2. The van der Waals surface area contributed by atoms with Gasteiger partial charge in [0.05, 0.1) is 11.6 Å². The summed E-state index contributed by atoms with van der Waals surface area (Å²) in [7, 11) is 0. The molecular weight excluding hydrogens is 420 g/mol. The van der Waals surface area contributed by atoms with Crippen LogP contribution in [0.2, 0.25) is 0 Å². The summed E-state index contributed by atoms with van der Waals surface area (Å²) in [5.74, 6) is -1.33. The van der Waals surface area contributed by atoms with E-state index < -0.39 is 17.7 Å². The number of Topliss-reactive ketones (excluding diaryl/α,β-unsaturated/α-hetero) is 1. The SMILES string of the molecule is Cc1ccsc1C1/C(=C(/O)c2ccccc2)C(=O)C(=O)N1CCc1c[nH]c2ccccc12. The molecule has 1 amide bonds. The molecule has 1 fully saturated rings. The van der Waals surface area contributed by atoms with Crippen LogP contribution in [0.4, 0.5) is 0 Å². The van der Waals surface area contributed by atoms with E-state index in [2.05, 4.69) is 4.98 Å². The van der Waals surface area contributed by atoms with E-state index in [-0.39, 0.29) is 11.3 Å². The van der Waals surface area contributed by atoms with Crippen molar-refractivity contribution in [3.8, 4) is 0 Å². The number of benzene rings is 2. The van der Waals surface area contributed by atoms with Crippen molar-refractivity contribution in [1.82, 2.24) is 9.88 Å². The normalized spacial score (nSPS) is 18.0. The molecule has 4 aromatic rings. The van der Waals surface area contributed by atoms with Crippen LogP contribution in [0.25, 0.3) is 16.7 Å². The maximum atomic E-state index is 13.1. The number of aryl methyl sites for hydroxylation is 1. The molecule has 32 heavy (non-hydrogen) atoms. The lowest BCUT2D eigenvalue weighted by molar-refractivity contribution is -0.139. The third-order valence-electron chi connectivity index (χ3n) is 6.03. The number of para-hydroxylation sites is 1. The fourth-order valence-electron chi connectivity index (χ4n) is 4.38. The van der Waals surface area contributed by atoms with Gasteiger partial charge in [-0.25, -0.2) is 0 Å². The summed E-state index contributed by atoms with van der Waals surface area (Å²) in [5.41, 5.74) is 3.82. The minimum absolute atomic E-state index is 0.128. The Kier molecular flexibility index (Phi) is 5.15. The van der Waals surface area contributed by atoms with Crippen LogP contribution >= 0.6 is 11.3 Å².